The number of H-pyrrole nitrogens is 2. The maximum atomic E-state index is 12.5. The molecule has 0 radical (unpaired) electrons. The van der Waals surface area contributed by atoms with E-state index < -0.39 is 0 Å². The molecule has 1 aliphatic heterocycles. The van der Waals surface area contributed by atoms with Gasteiger partial charge in [-0.05, 0) is 12.8 Å². The fraction of sp³-hybridized carbons (Fsp3) is 0.533. The van der Waals surface area contributed by atoms with Crippen molar-refractivity contribution in [1.82, 2.24) is 19.7 Å². The normalized spacial score (nSPS) is 22.4. The van der Waals surface area contributed by atoms with E-state index in [-0.39, 0.29) is 29.8 Å². The number of carbonyl (C=O) groups excluding carboxylic acids is 1. The van der Waals surface area contributed by atoms with Gasteiger partial charge in [0, 0.05) is 18.8 Å². The van der Waals surface area contributed by atoms with Crippen LogP contribution in [0.25, 0.3) is 0 Å². The van der Waals surface area contributed by atoms with E-state index in [1.54, 1.807) is 12.4 Å². The SMILES string of the molecule is O=C1CC(c2ncc[nH]2)c2c(n(C3CCCCC3)[nH]c2=O)N1. The van der Waals surface area contributed by atoms with Crippen molar-refractivity contribution in [2.75, 3.05) is 5.32 Å². The third kappa shape index (κ3) is 2.08. The first kappa shape index (κ1) is 13.4. The molecule has 0 saturated heterocycles. The molecule has 116 valence electrons. The fourth-order valence-electron chi connectivity index (χ4n) is 3.70. The Morgan fingerprint density at radius 1 is 1.18 bits per heavy atom. The van der Waals surface area contributed by atoms with E-state index >= 15 is 0 Å². The number of fused-ring (bicyclic) bond motifs is 1. The standard InChI is InChI=1S/C15H19N5O2/c21-11-8-10(13-16-6-7-17-13)12-14(18-11)20(19-15(12)22)9-4-2-1-3-5-9/h6-7,9-10H,1-5,8H2,(H,16,17)(H,18,21)(H,19,22). The van der Waals surface area contributed by atoms with Gasteiger partial charge < -0.3 is 10.3 Å². The Morgan fingerprint density at radius 3 is 2.73 bits per heavy atom. The largest absolute Gasteiger partial charge is 0.348 e. The number of anilines is 1. The molecule has 1 saturated carbocycles. The lowest BCUT2D eigenvalue weighted by atomic mass is 9.92. The number of rotatable bonds is 2. The molecule has 1 fully saturated rings. The lowest BCUT2D eigenvalue weighted by molar-refractivity contribution is -0.116. The summed E-state index contributed by atoms with van der Waals surface area (Å²) >= 11 is 0. The molecule has 7 nitrogen and oxygen atoms in total. The predicted octanol–water partition coefficient (Wildman–Crippen LogP) is 1.88. The summed E-state index contributed by atoms with van der Waals surface area (Å²) in [5.74, 6) is 0.933. The van der Waals surface area contributed by atoms with Gasteiger partial charge in [0.1, 0.15) is 11.6 Å². The van der Waals surface area contributed by atoms with Crippen LogP contribution in [0, 0.1) is 0 Å². The molecule has 3 heterocycles. The van der Waals surface area contributed by atoms with Crippen LogP contribution >= 0.6 is 0 Å². The first-order valence-electron chi connectivity index (χ1n) is 7.87. The quantitative estimate of drug-likeness (QED) is 0.790. The molecule has 4 rings (SSSR count). The van der Waals surface area contributed by atoms with Crippen molar-refractivity contribution < 1.29 is 4.79 Å². The minimum atomic E-state index is -0.299. The molecule has 7 heteroatoms. The molecule has 1 unspecified atom stereocenters. The number of hydrogen-bond acceptors (Lipinski definition) is 3. The van der Waals surface area contributed by atoms with Crippen LogP contribution in [0.15, 0.2) is 17.2 Å². The lowest BCUT2D eigenvalue weighted by Crippen LogP contribution is -2.28. The molecule has 22 heavy (non-hydrogen) atoms. The summed E-state index contributed by atoms with van der Waals surface area (Å²) in [4.78, 5) is 31.8. The summed E-state index contributed by atoms with van der Waals surface area (Å²) < 4.78 is 1.88. The number of carbonyl (C=O) groups is 1. The zero-order chi connectivity index (χ0) is 15.1. The fourth-order valence-corrected chi connectivity index (χ4v) is 3.70. The first-order chi connectivity index (χ1) is 10.7. The van der Waals surface area contributed by atoms with Crippen LogP contribution < -0.4 is 10.9 Å². The smallest absolute Gasteiger partial charge is 0.270 e. The van der Waals surface area contributed by atoms with E-state index in [0.29, 0.717) is 17.2 Å². The second kappa shape index (κ2) is 5.15. The molecule has 0 spiro atoms. The Bertz CT molecular complexity index is 737. The number of nitrogens with zero attached hydrogens (tertiary/aromatic N) is 2. The number of aromatic amines is 2. The molecule has 0 aromatic carbocycles. The number of aromatic nitrogens is 4. The molecular formula is C15H19N5O2. The second-order valence-electron chi connectivity index (χ2n) is 6.14. The maximum Gasteiger partial charge on any atom is 0.270 e. The highest BCUT2D eigenvalue weighted by atomic mass is 16.2. The van der Waals surface area contributed by atoms with Gasteiger partial charge in [-0.1, -0.05) is 19.3 Å². The Kier molecular flexibility index (Phi) is 3.13. The van der Waals surface area contributed by atoms with Crippen molar-refractivity contribution in [3.63, 3.8) is 0 Å². The van der Waals surface area contributed by atoms with Gasteiger partial charge in [0.05, 0.1) is 17.5 Å². The molecule has 3 N–H and O–H groups in total. The van der Waals surface area contributed by atoms with Crippen LogP contribution in [-0.4, -0.2) is 25.7 Å². The van der Waals surface area contributed by atoms with Gasteiger partial charge in [-0.2, -0.15) is 0 Å². The van der Waals surface area contributed by atoms with E-state index in [0.717, 1.165) is 25.7 Å². The van der Waals surface area contributed by atoms with Crippen LogP contribution in [0.5, 0.6) is 0 Å². The molecule has 1 aliphatic carbocycles. The number of imidazole rings is 1. The highest BCUT2D eigenvalue weighted by Crippen LogP contribution is 2.37. The van der Waals surface area contributed by atoms with Gasteiger partial charge in [0.25, 0.3) is 5.56 Å². The third-order valence-electron chi connectivity index (χ3n) is 4.75. The minimum Gasteiger partial charge on any atom is -0.348 e. The van der Waals surface area contributed by atoms with Crippen molar-refractivity contribution >= 4 is 11.7 Å². The monoisotopic (exact) mass is 301 g/mol. The maximum absolute atomic E-state index is 12.5. The number of amides is 1. The van der Waals surface area contributed by atoms with Gasteiger partial charge in [-0.25, -0.2) is 4.98 Å². The van der Waals surface area contributed by atoms with Crippen LogP contribution in [0.2, 0.25) is 0 Å². The van der Waals surface area contributed by atoms with Gasteiger partial charge >= 0.3 is 0 Å². The van der Waals surface area contributed by atoms with E-state index in [2.05, 4.69) is 20.4 Å². The summed E-state index contributed by atoms with van der Waals surface area (Å²) in [6.07, 6.45) is 9.26. The molecule has 2 aromatic heterocycles. The molecular weight excluding hydrogens is 282 g/mol. The topological polar surface area (TPSA) is 95.6 Å². The summed E-state index contributed by atoms with van der Waals surface area (Å²) in [6.45, 7) is 0. The van der Waals surface area contributed by atoms with Crippen LogP contribution in [0.1, 0.15) is 61.9 Å². The van der Waals surface area contributed by atoms with E-state index in [9.17, 15) is 9.59 Å². The number of nitrogens with one attached hydrogen (secondary N) is 3. The van der Waals surface area contributed by atoms with Gasteiger partial charge in [-0.3, -0.25) is 19.4 Å². The highest BCUT2D eigenvalue weighted by Gasteiger charge is 2.35. The molecule has 2 aliphatic rings. The van der Waals surface area contributed by atoms with Crippen molar-refractivity contribution in [1.29, 1.82) is 0 Å². The van der Waals surface area contributed by atoms with Crippen molar-refractivity contribution in [3.05, 3.63) is 34.1 Å². The Labute approximate surface area is 127 Å². The van der Waals surface area contributed by atoms with Crippen LogP contribution in [0.3, 0.4) is 0 Å². The van der Waals surface area contributed by atoms with Crippen molar-refractivity contribution in [2.24, 2.45) is 0 Å². The molecule has 0 bridgehead atoms. The van der Waals surface area contributed by atoms with E-state index in [4.69, 9.17) is 0 Å². The predicted molar refractivity (Wildman–Crippen MR) is 80.9 cm³/mol. The van der Waals surface area contributed by atoms with Crippen molar-refractivity contribution in [2.45, 2.75) is 50.5 Å². The summed E-state index contributed by atoms with van der Waals surface area (Å²) in [6, 6.07) is 0.265. The van der Waals surface area contributed by atoms with E-state index in [1.807, 2.05) is 4.68 Å². The van der Waals surface area contributed by atoms with Gasteiger partial charge in [0.15, 0.2) is 0 Å². The summed E-state index contributed by atoms with van der Waals surface area (Å²) in [5, 5.41) is 5.83. The Hall–Kier alpha value is -2.31. The zero-order valence-electron chi connectivity index (χ0n) is 12.3. The molecule has 1 amide bonds. The van der Waals surface area contributed by atoms with E-state index in [1.165, 1.54) is 6.42 Å². The average molecular weight is 301 g/mol. The summed E-state index contributed by atoms with van der Waals surface area (Å²) in [5.41, 5.74) is 0.502. The van der Waals surface area contributed by atoms with Crippen molar-refractivity contribution in [3.8, 4) is 0 Å². The average Bonchev–Trinajstić information content (AvgIpc) is 3.16. The lowest BCUT2D eigenvalue weighted by Gasteiger charge is -2.27. The Morgan fingerprint density at radius 2 is 2.00 bits per heavy atom. The number of hydrogen-bond donors (Lipinski definition) is 3. The summed E-state index contributed by atoms with van der Waals surface area (Å²) in [7, 11) is 0. The third-order valence-corrected chi connectivity index (χ3v) is 4.75. The van der Waals surface area contributed by atoms with Gasteiger partial charge in [-0.15, -0.1) is 0 Å². The van der Waals surface area contributed by atoms with Crippen LogP contribution in [0.4, 0.5) is 5.82 Å². The zero-order valence-corrected chi connectivity index (χ0v) is 12.3. The highest BCUT2D eigenvalue weighted by molar-refractivity contribution is 5.94. The minimum absolute atomic E-state index is 0.0718. The van der Waals surface area contributed by atoms with Crippen LogP contribution in [-0.2, 0) is 4.79 Å². The first-order valence-corrected chi connectivity index (χ1v) is 7.87. The second-order valence-corrected chi connectivity index (χ2v) is 6.14. The molecule has 2 aromatic rings. The van der Waals surface area contributed by atoms with Gasteiger partial charge in [0.2, 0.25) is 5.91 Å². The molecule has 1 atom stereocenters. The Balaban J connectivity index is 1.81.